The van der Waals surface area contributed by atoms with Crippen LogP contribution in [0, 0.1) is 17.0 Å². The van der Waals surface area contributed by atoms with Crippen LogP contribution in [0.5, 0.6) is 0 Å². The summed E-state index contributed by atoms with van der Waals surface area (Å²) in [5.41, 5.74) is 1.82. The van der Waals surface area contributed by atoms with Gasteiger partial charge in [-0.3, -0.25) is 10.1 Å². The summed E-state index contributed by atoms with van der Waals surface area (Å²) in [5, 5.41) is 13.7. The van der Waals surface area contributed by atoms with Crippen molar-refractivity contribution in [1.29, 1.82) is 0 Å². The maximum atomic E-state index is 10.7. The molecule has 0 aliphatic rings. The minimum Gasteiger partial charge on any atom is -0.313 e. The zero-order chi connectivity index (χ0) is 10.7. The van der Waals surface area contributed by atoms with Crippen molar-refractivity contribution in [3.05, 3.63) is 39.4 Å². The molecule has 0 saturated heterocycles. The van der Waals surface area contributed by atoms with Crippen molar-refractivity contribution >= 4 is 5.69 Å². The van der Waals surface area contributed by atoms with Gasteiger partial charge in [-0.05, 0) is 26.5 Å². The van der Waals surface area contributed by atoms with Crippen molar-refractivity contribution in [1.82, 2.24) is 5.32 Å². The summed E-state index contributed by atoms with van der Waals surface area (Å²) in [5.74, 6) is 0. The first-order valence-electron chi connectivity index (χ1n) is 4.48. The molecule has 1 N–H and O–H groups in total. The number of nitrogens with zero attached hydrogens (tertiary/aromatic N) is 1. The molecule has 0 saturated carbocycles. The van der Waals surface area contributed by atoms with E-state index in [0.29, 0.717) is 5.56 Å². The molecule has 4 nitrogen and oxygen atoms in total. The Morgan fingerprint density at radius 2 is 2.14 bits per heavy atom. The molecule has 14 heavy (non-hydrogen) atoms. The molecule has 0 radical (unpaired) electrons. The summed E-state index contributed by atoms with van der Waals surface area (Å²) in [6.07, 6.45) is 0. The lowest BCUT2D eigenvalue weighted by atomic mass is 10.1. The SMILES string of the molecule is CNC(C)c1ccc(C)c([N+](=O)[O-])c1. The third kappa shape index (κ3) is 2.09. The third-order valence-electron chi connectivity index (χ3n) is 2.36. The molecule has 0 bridgehead atoms. The van der Waals surface area contributed by atoms with Crippen LogP contribution in [0.1, 0.15) is 24.1 Å². The topological polar surface area (TPSA) is 55.2 Å². The van der Waals surface area contributed by atoms with E-state index in [2.05, 4.69) is 5.32 Å². The number of hydrogen-bond acceptors (Lipinski definition) is 3. The van der Waals surface area contributed by atoms with E-state index in [4.69, 9.17) is 0 Å². The van der Waals surface area contributed by atoms with Gasteiger partial charge in [0.1, 0.15) is 0 Å². The molecular weight excluding hydrogens is 180 g/mol. The predicted octanol–water partition coefficient (Wildman–Crippen LogP) is 2.18. The van der Waals surface area contributed by atoms with E-state index >= 15 is 0 Å². The fraction of sp³-hybridized carbons (Fsp3) is 0.400. The highest BCUT2D eigenvalue weighted by atomic mass is 16.6. The maximum Gasteiger partial charge on any atom is 0.272 e. The molecule has 76 valence electrons. The Hall–Kier alpha value is -1.42. The van der Waals surface area contributed by atoms with E-state index < -0.39 is 0 Å². The minimum absolute atomic E-state index is 0.134. The van der Waals surface area contributed by atoms with Gasteiger partial charge < -0.3 is 5.32 Å². The van der Waals surface area contributed by atoms with Gasteiger partial charge in [0.25, 0.3) is 5.69 Å². The van der Waals surface area contributed by atoms with E-state index in [1.54, 1.807) is 19.1 Å². The first-order valence-corrected chi connectivity index (χ1v) is 4.48. The van der Waals surface area contributed by atoms with E-state index in [1.165, 1.54) is 0 Å². The number of nitro benzene ring substituents is 1. The van der Waals surface area contributed by atoms with Gasteiger partial charge in [-0.15, -0.1) is 0 Å². The molecule has 0 aliphatic heterocycles. The molecule has 0 fully saturated rings. The molecule has 0 aromatic heterocycles. The molecule has 0 heterocycles. The Balaban J connectivity index is 3.12. The summed E-state index contributed by atoms with van der Waals surface area (Å²) < 4.78 is 0. The minimum atomic E-state index is -0.346. The Bertz CT molecular complexity index is 350. The maximum absolute atomic E-state index is 10.7. The van der Waals surface area contributed by atoms with Crippen LogP contribution in [0.3, 0.4) is 0 Å². The van der Waals surface area contributed by atoms with Gasteiger partial charge >= 0.3 is 0 Å². The highest BCUT2D eigenvalue weighted by molar-refractivity contribution is 5.43. The molecule has 0 aliphatic carbocycles. The smallest absolute Gasteiger partial charge is 0.272 e. The monoisotopic (exact) mass is 194 g/mol. The molecule has 0 amide bonds. The van der Waals surface area contributed by atoms with Crippen LogP contribution >= 0.6 is 0 Å². The quantitative estimate of drug-likeness (QED) is 0.592. The Morgan fingerprint density at radius 1 is 1.50 bits per heavy atom. The molecule has 1 unspecified atom stereocenters. The Kier molecular flexibility index (Phi) is 3.19. The lowest BCUT2D eigenvalue weighted by Gasteiger charge is -2.10. The van der Waals surface area contributed by atoms with Gasteiger partial charge in [-0.1, -0.05) is 12.1 Å². The highest BCUT2D eigenvalue weighted by Gasteiger charge is 2.12. The van der Waals surface area contributed by atoms with Crippen LogP contribution in [0.25, 0.3) is 0 Å². The zero-order valence-electron chi connectivity index (χ0n) is 8.57. The zero-order valence-corrected chi connectivity index (χ0v) is 8.57. The molecule has 1 aromatic carbocycles. The fourth-order valence-electron chi connectivity index (χ4n) is 1.26. The average Bonchev–Trinajstić information content (AvgIpc) is 2.17. The molecular formula is C10H14N2O2. The number of hydrogen-bond donors (Lipinski definition) is 1. The van der Waals surface area contributed by atoms with Crippen molar-refractivity contribution in [3.63, 3.8) is 0 Å². The number of benzene rings is 1. The van der Waals surface area contributed by atoms with Crippen LogP contribution in [0.15, 0.2) is 18.2 Å². The van der Waals surface area contributed by atoms with E-state index in [9.17, 15) is 10.1 Å². The second-order valence-corrected chi connectivity index (χ2v) is 3.31. The van der Waals surface area contributed by atoms with Crippen molar-refractivity contribution < 1.29 is 4.92 Å². The van der Waals surface area contributed by atoms with Gasteiger partial charge in [0, 0.05) is 17.7 Å². The summed E-state index contributed by atoms with van der Waals surface area (Å²) in [7, 11) is 1.83. The van der Waals surface area contributed by atoms with Gasteiger partial charge in [-0.2, -0.15) is 0 Å². The van der Waals surface area contributed by atoms with E-state index in [-0.39, 0.29) is 16.7 Å². The van der Waals surface area contributed by atoms with Crippen molar-refractivity contribution in [2.24, 2.45) is 0 Å². The molecule has 4 heteroatoms. The molecule has 1 rings (SSSR count). The van der Waals surface area contributed by atoms with E-state index in [1.807, 2.05) is 20.0 Å². The average molecular weight is 194 g/mol. The van der Waals surface area contributed by atoms with Crippen molar-refractivity contribution in [2.75, 3.05) is 7.05 Å². The highest BCUT2D eigenvalue weighted by Crippen LogP contribution is 2.22. The predicted molar refractivity (Wildman–Crippen MR) is 55.3 cm³/mol. The molecule has 0 spiro atoms. The first-order chi connectivity index (χ1) is 6.56. The summed E-state index contributed by atoms with van der Waals surface area (Å²) >= 11 is 0. The molecule has 1 aromatic rings. The number of nitrogens with one attached hydrogen (secondary N) is 1. The third-order valence-corrected chi connectivity index (χ3v) is 2.36. The van der Waals surface area contributed by atoms with Gasteiger partial charge in [0.2, 0.25) is 0 Å². The lowest BCUT2D eigenvalue weighted by Crippen LogP contribution is -2.12. The van der Waals surface area contributed by atoms with Crippen LogP contribution < -0.4 is 5.32 Å². The molecule has 1 atom stereocenters. The Morgan fingerprint density at radius 3 is 2.64 bits per heavy atom. The van der Waals surface area contributed by atoms with Gasteiger partial charge in [-0.25, -0.2) is 0 Å². The number of aryl methyl sites for hydroxylation is 1. The van der Waals surface area contributed by atoms with Gasteiger partial charge in [0.05, 0.1) is 4.92 Å². The normalized spacial score (nSPS) is 12.5. The second-order valence-electron chi connectivity index (χ2n) is 3.31. The number of rotatable bonds is 3. The van der Waals surface area contributed by atoms with Crippen LogP contribution in [-0.2, 0) is 0 Å². The lowest BCUT2D eigenvalue weighted by molar-refractivity contribution is -0.385. The van der Waals surface area contributed by atoms with Crippen LogP contribution in [0.2, 0.25) is 0 Å². The van der Waals surface area contributed by atoms with Gasteiger partial charge in [0.15, 0.2) is 0 Å². The van der Waals surface area contributed by atoms with E-state index in [0.717, 1.165) is 5.56 Å². The summed E-state index contributed by atoms with van der Waals surface area (Å²) in [6.45, 7) is 3.71. The van der Waals surface area contributed by atoms with Crippen LogP contribution in [0.4, 0.5) is 5.69 Å². The first kappa shape index (κ1) is 10.7. The largest absolute Gasteiger partial charge is 0.313 e. The summed E-state index contributed by atoms with van der Waals surface area (Å²) in [4.78, 5) is 10.3. The van der Waals surface area contributed by atoms with Crippen molar-refractivity contribution in [3.8, 4) is 0 Å². The summed E-state index contributed by atoms with van der Waals surface area (Å²) in [6, 6.07) is 5.44. The van der Waals surface area contributed by atoms with Crippen LogP contribution in [-0.4, -0.2) is 12.0 Å². The second kappa shape index (κ2) is 4.19. The standard InChI is InChI=1S/C10H14N2O2/c1-7-4-5-9(8(2)11-3)6-10(7)12(13)14/h4-6,8,11H,1-3H3. The van der Waals surface area contributed by atoms with Crippen molar-refractivity contribution in [2.45, 2.75) is 19.9 Å². The Labute approximate surface area is 83.1 Å². The number of nitro groups is 1. The fourth-order valence-corrected chi connectivity index (χ4v) is 1.26.